The summed E-state index contributed by atoms with van der Waals surface area (Å²) in [4.78, 5) is 6.56. The number of halogens is 2. The van der Waals surface area contributed by atoms with Gasteiger partial charge in [0.1, 0.15) is 0 Å². The Bertz CT molecular complexity index is 250. The molecule has 1 N–H and O–H groups in total. The largest absolute Gasteiger partial charge is 0.314 e. The summed E-state index contributed by atoms with van der Waals surface area (Å²) in [5.41, 5.74) is 1.31. The second-order valence-electron chi connectivity index (χ2n) is 3.39. The first-order valence-corrected chi connectivity index (χ1v) is 4.77. The smallest absolute Gasteiger partial charge is 0.0312 e. The third kappa shape index (κ3) is 4.80. The van der Waals surface area contributed by atoms with Crippen molar-refractivity contribution in [1.29, 1.82) is 0 Å². The lowest BCUT2D eigenvalue weighted by Crippen LogP contribution is -2.42. The molecular weight excluding hydrogens is 233 g/mol. The molecule has 0 bridgehead atoms. The third-order valence-corrected chi connectivity index (χ3v) is 2.34. The van der Waals surface area contributed by atoms with Crippen LogP contribution in [-0.4, -0.2) is 36.1 Å². The first kappa shape index (κ1) is 14.6. The van der Waals surface area contributed by atoms with E-state index in [-0.39, 0.29) is 24.8 Å². The van der Waals surface area contributed by atoms with Crippen LogP contribution in [0.1, 0.15) is 5.56 Å². The minimum atomic E-state index is 0. The molecule has 0 aliphatic carbocycles. The van der Waals surface area contributed by atoms with Crippen molar-refractivity contribution in [3.8, 4) is 0 Å². The van der Waals surface area contributed by atoms with Gasteiger partial charge in [0.15, 0.2) is 0 Å². The van der Waals surface area contributed by atoms with E-state index < -0.39 is 0 Å². The molecule has 1 aliphatic rings. The predicted molar refractivity (Wildman–Crippen MR) is 66.9 cm³/mol. The van der Waals surface area contributed by atoms with E-state index in [0.717, 1.165) is 32.7 Å². The van der Waals surface area contributed by atoms with E-state index in [2.05, 4.69) is 21.3 Å². The molecule has 2 rings (SSSR count). The molecule has 0 radical (unpaired) electrons. The average Bonchev–Trinajstić information content (AvgIpc) is 2.21. The fourth-order valence-electron chi connectivity index (χ4n) is 1.62. The van der Waals surface area contributed by atoms with Crippen molar-refractivity contribution in [1.82, 2.24) is 15.2 Å². The van der Waals surface area contributed by atoms with Gasteiger partial charge in [-0.3, -0.25) is 9.88 Å². The highest BCUT2D eigenvalue weighted by atomic mass is 35.5. The molecule has 0 saturated carbocycles. The van der Waals surface area contributed by atoms with E-state index in [1.54, 1.807) is 0 Å². The van der Waals surface area contributed by atoms with Crippen LogP contribution in [0.15, 0.2) is 24.5 Å². The van der Waals surface area contributed by atoms with Gasteiger partial charge in [-0.2, -0.15) is 0 Å². The number of nitrogens with zero attached hydrogens (tertiary/aromatic N) is 2. The van der Waals surface area contributed by atoms with Gasteiger partial charge in [0, 0.05) is 45.1 Å². The molecule has 3 nitrogen and oxygen atoms in total. The summed E-state index contributed by atoms with van der Waals surface area (Å²) in [6.07, 6.45) is 3.77. The molecule has 0 spiro atoms. The Morgan fingerprint density at radius 3 is 2.60 bits per heavy atom. The lowest BCUT2D eigenvalue weighted by Gasteiger charge is -2.26. The zero-order chi connectivity index (χ0) is 8.93. The van der Waals surface area contributed by atoms with Crippen molar-refractivity contribution >= 4 is 24.8 Å². The molecule has 1 aliphatic heterocycles. The maximum Gasteiger partial charge on any atom is 0.0312 e. The quantitative estimate of drug-likeness (QED) is 0.858. The SMILES string of the molecule is Cl.Cl.c1cncc(CN2CCNCC2)c1. The minimum Gasteiger partial charge on any atom is -0.314 e. The van der Waals surface area contributed by atoms with Crippen LogP contribution in [0, 0.1) is 0 Å². The van der Waals surface area contributed by atoms with Crippen LogP contribution in [0.25, 0.3) is 0 Å². The van der Waals surface area contributed by atoms with E-state index in [0.29, 0.717) is 0 Å². The van der Waals surface area contributed by atoms with Gasteiger partial charge in [-0.15, -0.1) is 24.8 Å². The van der Waals surface area contributed by atoms with E-state index in [4.69, 9.17) is 0 Å². The van der Waals surface area contributed by atoms with Gasteiger partial charge in [-0.1, -0.05) is 6.07 Å². The van der Waals surface area contributed by atoms with Gasteiger partial charge in [0.05, 0.1) is 0 Å². The molecule has 86 valence electrons. The van der Waals surface area contributed by atoms with Gasteiger partial charge < -0.3 is 5.32 Å². The van der Waals surface area contributed by atoms with Crippen LogP contribution >= 0.6 is 24.8 Å². The second-order valence-corrected chi connectivity index (χ2v) is 3.39. The molecule has 0 unspecified atom stereocenters. The van der Waals surface area contributed by atoms with Gasteiger partial charge >= 0.3 is 0 Å². The van der Waals surface area contributed by atoms with E-state index in [1.807, 2.05) is 18.5 Å². The molecule has 0 atom stereocenters. The molecule has 1 aromatic rings. The second kappa shape index (κ2) is 7.88. The Balaban J connectivity index is 0.000000980. The highest BCUT2D eigenvalue weighted by Crippen LogP contribution is 2.02. The van der Waals surface area contributed by atoms with Gasteiger partial charge in [-0.05, 0) is 11.6 Å². The minimum absolute atomic E-state index is 0. The van der Waals surface area contributed by atoms with Crippen molar-refractivity contribution in [2.45, 2.75) is 6.54 Å². The number of nitrogens with one attached hydrogen (secondary N) is 1. The molecule has 1 aromatic heterocycles. The van der Waals surface area contributed by atoms with Crippen molar-refractivity contribution in [3.63, 3.8) is 0 Å². The predicted octanol–water partition coefficient (Wildman–Crippen LogP) is 1.33. The standard InChI is InChI=1S/C10H15N3.2ClH/c1-2-10(8-12-3-1)9-13-6-4-11-5-7-13;;/h1-3,8,11H,4-7,9H2;2*1H. The Kier molecular flexibility index (Phi) is 7.70. The van der Waals surface area contributed by atoms with Crippen LogP contribution in [0.5, 0.6) is 0 Å². The third-order valence-electron chi connectivity index (χ3n) is 2.34. The fourth-order valence-corrected chi connectivity index (χ4v) is 1.62. The summed E-state index contributed by atoms with van der Waals surface area (Å²) in [5.74, 6) is 0. The number of rotatable bonds is 2. The van der Waals surface area contributed by atoms with Crippen LogP contribution in [-0.2, 0) is 6.54 Å². The van der Waals surface area contributed by atoms with E-state index in [1.165, 1.54) is 5.56 Å². The summed E-state index contributed by atoms with van der Waals surface area (Å²) >= 11 is 0. The lowest BCUT2D eigenvalue weighted by atomic mass is 10.2. The lowest BCUT2D eigenvalue weighted by molar-refractivity contribution is 0.233. The number of pyridine rings is 1. The van der Waals surface area contributed by atoms with Crippen LogP contribution in [0.3, 0.4) is 0 Å². The summed E-state index contributed by atoms with van der Waals surface area (Å²) in [6, 6.07) is 4.13. The van der Waals surface area contributed by atoms with Crippen molar-refractivity contribution in [3.05, 3.63) is 30.1 Å². The number of hydrogen-bond acceptors (Lipinski definition) is 3. The topological polar surface area (TPSA) is 28.2 Å². The van der Waals surface area contributed by atoms with Crippen LogP contribution in [0.2, 0.25) is 0 Å². The molecule has 0 amide bonds. The zero-order valence-electron chi connectivity index (χ0n) is 8.56. The average molecular weight is 250 g/mol. The van der Waals surface area contributed by atoms with Crippen molar-refractivity contribution in [2.24, 2.45) is 0 Å². The number of hydrogen-bond donors (Lipinski definition) is 1. The molecule has 15 heavy (non-hydrogen) atoms. The summed E-state index contributed by atoms with van der Waals surface area (Å²) in [5, 5.41) is 3.34. The van der Waals surface area contributed by atoms with Crippen LogP contribution < -0.4 is 5.32 Å². The van der Waals surface area contributed by atoms with Crippen LogP contribution in [0.4, 0.5) is 0 Å². The maximum atomic E-state index is 4.11. The van der Waals surface area contributed by atoms with E-state index in [9.17, 15) is 0 Å². The Hall–Kier alpha value is -0.350. The normalized spacial score (nSPS) is 16.3. The molecule has 2 heterocycles. The Morgan fingerprint density at radius 2 is 2.00 bits per heavy atom. The first-order valence-electron chi connectivity index (χ1n) is 4.77. The summed E-state index contributed by atoms with van der Waals surface area (Å²) in [7, 11) is 0. The molecule has 1 fully saturated rings. The number of aromatic nitrogens is 1. The van der Waals surface area contributed by atoms with E-state index >= 15 is 0 Å². The molecule has 1 saturated heterocycles. The molecular formula is C10H17Cl2N3. The van der Waals surface area contributed by atoms with Gasteiger partial charge in [-0.25, -0.2) is 0 Å². The first-order chi connectivity index (χ1) is 6.45. The Morgan fingerprint density at radius 1 is 1.27 bits per heavy atom. The summed E-state index contributed by atoms with van der Waals surface area (Å²) < 4.78 is 0. The van der Waals surface area contributed by atoms with Crippen molar-refractivity contribution in [2.75, 3.05) is 26.2 Å². The zero-order valence-corrected chi connectivity index (χ0v) is 10.2. The highest BCUT2D eigenvalue weighted by Gasteiger charge is 2.08. The van der Waals surface area contributed by atoms with Gasteiger partial charge in [0.25, 0.3) is 0 Å². The van der Waals surface area contributed by atoms with Crippen molar-refractivity contribution < 1.29 is 0 Å². The fraction of sp³-hybridized carbons (Fsp3) is 0.500. The molecule has 0 aromatic carbocycles. The highest BCUT2D eigenvalue weighted by molar-refractivity contribution is 5.85. The monoisotopic (exact) mass is 249 g/mol. The van der Waals surface area contributed by atoms with Gasteiger partial charge in [0.2, 0.25) is 0 Å². The maximum absolute atomic E-state index is 4.11. The summed E-state index contributed by atoms with van der Waals surface area (Å²) in [6.45, 7) is 5.56. The molecule has 5 heteroatoms. The Labute approximate surface area is 103 Å². The number of piperazine rings is 1.